The van der Waals surface area contributed by atoms with Gasteiger partial charge in [0.05, 0.1) is 12.6 Å². The first-order valence-electron chi connectivity index (χ1n) is 6.08. The third kappa shape index (κ3) is 2.92. The molecule has 3 nitrogen and oxygen atoms in total. The summed E-state index contributed by atoms with van der Waals surface area (Å²) in [6.45, 7) is 4.16. The van der Waals surface area contributed by atoms with Crippen molar-refractivity contribution in [2.24, 2.45) is 0 Å². The number of aliphatic hydroxyl groups is 1. The highest BCUT2D eigenvalue weighted by Crippen LogP contribution is 2.25. The van der Waals surface area contributed by atoms with Crippen molar-refractivity contribution in [1.82, 2.24) is 5.32 Å². The topological polar surface area (TPSA) is 35.5 Å². The summed E-state index contributed by atoms with van der Waals surface area (Å²) >= 11 is 6.04. The molecule has 2 N–H and O–H groups in total. The fourth-order valence-corrected chi connectivity index (χ4v) is 2.62. The minimum Gasteiger partial charge on any atom is -0.394 e. The highest BCUT2D eigenvalue weighted by atomic mass is 35.5. The van der Waals surface area contributed by atoms with Crippen LogP contribution in [0, 0.1) is 0 Å². The highest BCUT2D eigenvalue weighted by Gasteiger charge is 2.25. The summed E-state index contributed by atoms with van der Waals surface area (Å²) in [5.74, 6) is 0. The number of nitrogens with one attached hydrogen (secondary N) is 1. The van der Waals surface area contributed by atoms with E-state index in [-0.39, 0.29) is 12.6 Å². The van der Waals surface area contributed by atoms with Crippen LogP contribution in [0.1, 0.15) is 13.3 Å². The molecule has 1 heterocycles. The van der Waals surface area contributed by atoms with Crippen molar-refractivity contribution < 1.29 is 5.11 Å². The lowest BCUT2D eigenvalue weighted by Gasteiger charge is -2.35. The lowest BCUT2D eigenvalue weighted by atomic mass is 10.1. The Balaban J connectivity index is 2.30. The summed E-state index contributed by atoms with van der Waals surface area (Å²) in [6.07, 6.45) is 1.07. The van der Waals surface area contributed by atoms with Gasteiger partial charge in [-0.25, -0.2) is 0 Å². The first-order valence-corrected chi connectivity index (χ1v) is 6.45. The van der Waals surface area contributed by atoms with Gasteiger partial charge in [0.2, 0.25) is 0 Å². The van der Waals surface area contributed by atoms with E-state index in [1.165, 1.54) is 0 Å². The van der Waals surface area contributed by atoms with Crippen molar-refractivity contribution in [3.05, 3.63) is 29.3 Å². The smallest absolute Gasteiger partial charge is 0.0648 e. The maximum Gasteiger partial charge on any atom is 0.0648 e. The van der Waals surface area contributed by atoms with Gasteiger partial charge in [-0.2, -0.15) is 0 Å². The van der Waals surface area contributed by atoms with E-state index in [4.69, 9.17) is 11.6 Å². The van der Waals surface area contributed by atoms with Crippen LogP contribution >= 0.6 is 11.6 Å². The molecule has 4 heteroatoms. The predicted octanol–water partition coefficient (Wildman–Crippen LogP) is 1.89. The third-order valence-corrected chi connectivity index (χ3v) is 3.54. The molecule has 1 aliphatic heterocycles. The molecule has 1 saturated heterocycles. The molecule has 17 heavy (non-hydrogen) atoms. The van der Waals surface area contributed by atoms with E-state index < -0.39 is 0 Å². The van der Waals surface area contributed by atoms with Gasteiger partial charge in [-0.3, -0.25) is 0 Å². The monoisotopic (exact) mass is 254 g/mol. The third-order valence-electron chi connectivity index (χ3n) is 3.30. The van der Waals surface area contributed by atoms with E-state index in [0.717, 1.165) is 30.2 Å². The molecular weight excluding hydrogens is 236 g/mol. The Kier molecular flexibility index (Phi) is 4.26. The summed E-state index contributed by atoms with van der Waals surface area (Å²) in [4.78, 5) is 2.27. The Morgan fingerprint density at radius 2 is 2.35 bits per heavy atom. The summed E-state index contributed by atoms with van der Waals surface area (Å²) < 4.78 is 0. The molecule has 1 fully saturated rings. The Morgan fingerprint density at radius 1 is 1.53 bits per heavy atom. The molecule has 0 aromatic heterocycles. The zero-order valence-corrected chi connectivity index (χ0v) is 10.8. The molecule has 2 rings (SSSR count). The van der Waals surface area contributed by atoms with Gasteiger partial charge in [0, 0.05) is 23.3 Å². The van der Waals surface area contributed by atoms with E-state index in [1.54, 1.807) is 0 Å². The Hall–Kier alpha value is -0.770. The lowest BCUT2D eigenvalue weighted by Crippen LogP contribution is -2.46. The number of halogens is 1. The summed E-state index contributed by atoms with van der Waals surface area (Å²) in [5.41, 5.74) is 1.09. The standard InChI is InChI=1S/C13H19ClN2O/c1-10-5-6-15-8-13(9-17)16(10)12-4-2-3-11(14)7-12/h2-4,7,10,13,15,17H,5-6,8-9H2,1H3. The molecule has 0 bridgehead atoms. The van der Waals surface area contributed by atoms with Crippen molar-refractivity contribution in [1.29, 1.82) is 0 Å². The molecule has 2 atom stereocenters. The zero-order chi connectivity index (χ0) is 12.3. The van der Waals surface area contributed by atoms with Crippen molar-refractivity contribution in [2.45, 2.75) is 25.4 Å². The van der Waals surface area contributed by atoms with Crippen molar-refractivity contribution in [3.8, 4) is 0 Å². The van der Waals surface area contributed by atoms with Crippen LogP contribution in [0.3, 0.4) is 0 Å². The van der Waals surface area contributed by atoms with Gasteiger partial charge in [0.1, 0.15) is 0 Å². The average Bonchev–Trinajstić information content (AvgIpc) is 2.50. The fraction of sp³-hybridized carbons (Fsp3) is 0.538. The Bertz CT molecular complexity index is 372. The molecule has 1 aliphatic rings. The van der Waals surface area contributed by atoms with Crippen molar-refractivity contribution in [2.75, 3.05) is 24.6 Å². The molecule has 1 aromatic rings. The van der Waals surface area contributed by atoms with Crippen LogP contribution in [0.15, 0.2) is 24.3 Å². The highest BCUT2D eigenvalue weighted by molar-refractivity contribution is 6.30. The van der Waals surface area contributed by atoms with Crippen LogP contribution in [0.2, 0.25) is 5.02 Å². The molecule has 94 valence electrons. The van der Waals surface area contributed by atoms with Crippen molar-refractivity contribution >= 4 is 17.3 Å². The SMILES string of the molecule is CC1CCNCC(CO)N1c1cccc(Cl)c1. The summed E-state index contributed by atoms with van der Waals surface area (Å²) in [5, 5.41) is 13.6. The largest absolute Gasteiger partial charge is 0.394 e. The Labute approximate surface area is 107 Å². The van der Waals surface area contributed by atoms with Crippen LogP contribution < -0.4 is 10.2 Å². The maximum atomic E-state index is 9.52. The van der Waals surface area contributed by atoms with E-state index in [1.807, 2.05) is 18.2 Å². The van der Waals surface area contributed by atoms with Gasteiger partial charge in [0.15, 0.2) is 0 Å². The second kappa shape index (κ2) is 5.71. The van der Waals surface area contributed by atoms with Gasteiger partial charge < -0.3 is 15.3 Å². The zero-order valence-electron chi connectivity index (χ0n) is 10.1. The molecular formula is C13H19ClN2O. The number of aliphatic hydroxyl groups excluding tert-OH is 1. The van der Waals surface area contributed by atoms with Crippen molar-refractivity contribution in [3.63, 3.8) is 0 Å². The van der Waals surface area contributed by atoms with E-state index in [9.17, 15) is 5.11 Å². The minimum absolute atomic E-state index is 0.117. The quantitative estimate of drug-likeness (QED) is 0.846. The molecule has 1 aromatic carbocycles. The van der Waals surface area contributed by atoms with Crippen LogP contribution in [0.5, 0.6) is 0 Å². The molecule has 0 amide bonds. The lowest BCUT2D eigenvalue weighted by molar-refractivity contribution is 0.256. The van der Waals surface area contributed by atoms with Crippen LogP contribution in [-0.4, -0.2) is 36.9 Å². The van der Waals surface area contributed by atoms with Gasteiger partial charge in [0.25, 0.3) is 0 Å². The number of benzene rings is 1. The minimum atomic E-state index is 0.117. The fourth-order valence-electron chi connectivity index (χ4n) is 2.43. The second-order valence-electron chi connectivity index (χ2n) is 4.57. The molecule has 0 radical (unpaired) electrons. The van der Waals surface area contributed by atoms with Gasteiger partial charge in [-0.05, 0) is 38.1 Å². The van der Waals surface area contributed by atoms with E-state index in [0.29, 0.717) is 6.04 Å². The number of rotatable bonds is 2. The van der Waals surface area contributed by atoms with Gasteiger partial charge >= 0.3 is 0 Å². The maximum absolute atomic E-state index is 9.52. The summed E-state index contributed by atoms with van der Waals surface area (Å²) in [6, 6.07) is 8.37. The van der Waals surface area contributed by atoms with Crippen LogP contribution in [-0.2, 0) is 0 Å². The van der Waals surface area contributed by atoms with Crippen LogP contribution in [0.4, 0.5) is 5.69 Å². The van der Waals surface area contributed by atoms with Gasteiger partial charge in [-0.15, -0.1) is 0 Å². The number of anilines is 1. The first kappa shape index (κ1) is 12.7. The van der Waals surface area contributed by atoms with E-state index in [2.05, 4.69) is 23.2 Å². The predicted molar refractivity (Wildman–Crippen MR) is 71.8 cm³/mol. The van der Waals surface area contributed by atoms with E-state index >= 15 is 0 Å². The summed E-state index contributed by atoms with van der Waals surface area (Å²) in [7, 11) is 0. The molecule has 2 unspecified atom stereocenters. The number of hydrogen-bond donors (Lipinski definition) is 2. The normalized spacial score (nSPS) is 25.7. The second-order valence-corrected chi connectivity index (χ2v) is 5.00. The average molecular weight is 255 g/mol. The van der Waals surface area contributed by atoms with Gasteiger partial charge in [-0.1, -0.05) is 17.7 Å². The molecule has 0 spiro atoms. The number of nitrogens with zero attached hydrogens (tertiary/aromatic N) is 1. The number of hydrogen-bond acceptors (Lipinski definition) is 3. The Morgan fingerprint density at radius 3 is 3.06 bits per heavy atom. The first-order chi connectivity index (χ1) is 8.22. The molecule has 0 saturated carbocycles. The van der Waals surface area contributed by atoms with Crippen LogP contribution in [0.25, 0.3) is 0 Å². The molecule has 0 aliphatic carbocycles.